The summed E-state index contributed by atoms with van der Waals surface area (Å²) in [5.74, 6) is 0. The zero-order chi connectivity index (χ0) is 13.2. The first-order valence-corrected chi connectivity index (χ1v) is 6.33. The van der Waals surface area contributed by atoms with Gasteiger partial charge in [0.25, 0.3) is 0 Å². The quantitative estimate of drug-likeness (QED) is 0.778. The average Bonchev–Trinajstić information content (AvgIpc) is 2.80. The molecule has 0 aliphatic heterocycles. The molecule has 2 aromatic heterocycles. The fourth-order valence-corrected chi connectivity index (χ4v) is 2.16. The van der Waals surface area contributed by atoms with Crippen LogP contribution in [0, 0.1) is 6.92 Å². The molecule has 2 heterocycles. The molecule has 96 valence electrons. The standard InChI is InChI=1S/C15H16N4/c1-11-4-3-5-12(8-11)14-6-7-15-17-13(9-16-2)10-19(15)18-14/h3-8,10,16H,9H2,1-2H3. The minimum Gasteiger partial charge on any atom is -0.314 e. The summed E-state index contributed by atoms with van der Waals surface area (Å²) in [4.78, 5) is 4.49. The lowest BCUT2D eigenvalue weighted by molar-refractivity contribution is 0.796. The Morgan fingerprint density at radius 3 is 2.89 bits per heavy atom. The molecular weight excluding hydrogens is 236 g/mol. The van der Waals surface area contributed by atoms with Crippen molar-refractivity contribution in [2.45, 2.75) is 13.5 Å². The molecule has 0 saturated heterocycles. The molecule has 0 bridgehead atoms. The first kappa shape index (κ1) is 11.9. The average molecular weight is 252 g/mol. The SMILES string of the molecule is CNCc1cn2nc(-c3cccc(C)c3)ccc2n1. The maximum Gasteiger partial charge on any atom is 0.153 e. The lowest BCUT2D eigenvalue weighted by Crippen LogP contribution is -2.04. The van der Waals surface area contributed by atoms with Gasteiger partial charge in [0, 0.05) is 12.1 Å². The van der Waals surface area contributed by atoms with Crippen LogP contribution in [0.25, 0.3) is 16.9 Å². The molecule has 0 radical (unpaired) electrons. The van der Waals surface area contributed by atoms with E-state index in [2.05, 4.69) is 46.6 Å². The minimum atomic E-state index is 0.753. The molecule has 0 aliphatic carbocycles. The van der Waals surface area contributed by atoms with Crippen LogP contribution in [0.1, 0.15) is 11.3 Å². The molecule has 0 aliphatic rings. The number of hydrogen-bond donors (Lipinski definition) is 1. The Morgan fingerprint density at radius 2 is 2.11 bits per heavy atom. The molecule has 19 heavy (non-hydrogen) atoms. The van der Waals surface area contributed by atoms with E-state index in [0.717, 1.165) is 29.1 Å². The molecule has 1 N–H and O–H groups in total. The summed E-state index contributed by atoms with van der Waals surface area (Å²) in [5, 5.41) is 7.71. The highest BCUT2D eigenvalue weighted by molar-refractivity contribution is 5.61. The number of imidazole rings is 1. The molecule has 3 rings (SSSR count). The molecule has 3 aromatic rings. The van der Waals surface area contributed by atoms with Crippen molar-refractivity contribution in [1.82, 2.24) is 19.9 Å². The van der Waals surface area contributed by atoms with E-state index >= 15 is 0 Å². The topological polar surface area (TPSA) is 42.2 Å². The van der Waals surface area contributed by atoms with Crippen LogP contribution in [0.15, 0.2) is 42.6 Å². The molecule has 4 heteroatoms. The lowest BCUT2D eigenvalue weighted by Gasteiger charge is -2.02. The Kier molecular flexibility index (Phi) is 3.01. The molecule has 0 unspecified atom stereocenters. The first-order chi connectivity index (χ1) is 9.26. The molecule has 4 nitrogen and oxygen atoms in total. The summed E-state index contributed by atoms with van der Waals surface area (Å²) in [7, 11) is 1.91. The van der Waals surface area contributed by atoms with Crippen molar-refractivity contribution >= 4 is 5.65 Å². The second-order valence-electron chi connectivity index (χ2n) is 4.65. The van der Waals surface area contributed by atoms with Crippen molar-refractivity contribution < 1.29 is 0 Å². The second kappa shape index (κ2) is 4.82. The van der Waals surface area contributed by atoms with Crippen LogP contribution in [-0.2, 0) is 6.54 Å². The van der Waals surface area contributed by atoms with Crippen LogP contribution in [0.5, 0.6) is 0 Å². The van der Waals surface area contributed by atoms with Gasteiger partial charge in [0.05, 0.1) is 17.6 Å². The molecule has 0 saturated carbocycles. The van der Waals surface area contributed by atoms with E-state index in [-0.39, 0.29) is 0 Å². The Morgan fingerprint density at radius 1 is 1.21 bits per heavy atom. The maximum atomic E-state index is 4.62. The van der Waals surface area contributed by atoms with Gasteiger partial charge in [-0.1, -0.05) is 23.8 Å². The smallest absolute Gasteiger partial charge is 0.153 e. The van der Waals surface area contributed by atoms with Crippen molar-refractivity contribution in [1.29, 1.82) is 0 Å². The predicted octanol–water partition coefficient (Wildman–Crippen LogP) is 2.42. The van der Waals surface area contributed by atoms with Crippen molar-refractivity contribution in [3.8, 4) is 11.3 Å². The summed E-state index contributed by atoms with van der Waals surface area (Å²) in [6.07, 6.45) is 1.96. The van der Waals surface area contributed by atoms with E-state index < -0.39 is 0 Å². The van der Waals surface area contributed by atoms with Gasteiger partial charge in [-0.05, 0) is 32.2 Å². The van der Waals surface area contributed by atoms with E-state index in [1.807, 2.05) is 29.9 Å². The zero-order valence-electron chi connectivity index (χ0n) is 11.1. The summed E-state index contributed by atoms with van der Waals surface area (Å²) >= 11 is 0. The minimum absolute atomic E-state index is 0.753. The van der Waals surface area contributed by atoms with Crippen molar-refractivity contribution in [2.24, 2.45) is 0 Å². The van der Waals surface area contributed by atoms with Crippen LogP contribution in [-0.4, -0.2) is 21.6 Å². The lowest BCUT2D eigenvalue weighted by atomic mass is 10.1. The molecular formula is C15H16N4. The largest absolute Gasteiger partial charge is 0.314 e. The highest BCUT2D eigenvalue weighted by atomic mass is 15.2. The monoisotopic (exact) mass is 252 g/mol. The van der Waals surface area contributed by atoms with Gasteiger partial charge in [-0.25, -0.2) is 9.50 Å². The summed E-state index contributed by atoms with van der Waals surface area (Å²) in [6.45, 7) is 2.84. The molecule has 0 fully saturated rings. The van der Waals surface area contributed by atoms with E-state index in [1.165, 1.54) is 5.56 Å². The van der Waals surface area contributed by atoms with Gasteiger partial charge in [0.15, 0.2) is 5.65 Å². The fourth-order valence-electron chi connectivity index (χ4n) is 2.16. The van der Waals surface area contributed by atoms with E-state index in [4.69, 9.17) is 0 Å². The fraction of sp³-hybridized carbons (Fsp3) is 0.200. The van der Waals surface area contributed by atoms with Gasteiger partial charge in [-0.15, -0.1) is 0 Å². The van der Waals surface area contributed by atoms with Gasteiger partial charge in [-0.2, -0.15) is 5.10 Å². The molecule has 0 atom stereocenters. The Hall–Kier alpha value is -2.20. The predicted molar refractivity (Wildman–Crippen MR) is 75.9 cm³/mol. The number of nitrogens with one attached hydrogen (secondary N) is 1. The number of benzene rings is 1. The molecule has 1 aromatic carbocycles. The second-order valence-corrected chi connectivity index (χ2v) is 4.65. The van der Waals surface area contributed by atoms with Gasteiger partial charge in [0.2, 0.25) is 0 Å². The summed E-state index contributed by atoms with van der Waals surface area (Å²) in [6, 6.07) is 12.4. The van der Waals surface area contributed by atoms with E-state index in [1.54, 1.807) is 0 Å². The van der Waals surface area contributed by atoms with E-state index in [0.29, 0.717) is 0 Å². The molecule has 0 amide bonds. The molecule has 0 spiro atoms. The van der Waals surface area contributed by atoms with E-state index in [9.17, 15) is 0 Å². The highest BCUT2D eigenvalue weighted by Gasteiger charge is 2.04. The third-order valence-corrected chi connectivity index (χ3v) is 3.04. The van der Waals surface area contributed by atoms with Crippen LogP contribution in [0.2, 0.25) is 0 Å². The van der Waals surface area contributed by atoms with Crippen LogP contribution in [0.4, 0.5) is 0 Å². The Labute approximate surface area is 112 Å². The number of hydrogen-bond acceptors (Lipinski definition) is 3. The van der Waals surface area contributed by atoms with Gasteiger partial charge in [0.1, 0.15) is 0 Å². The van der Waals surface area contributed by atoms with Crippen molar-refractivity contribution in [3.05, 3.63) is 53.9 Å². The Bertz CT molecular complexity index is 715. The number of aromatic nitrogens is 3. The number of aryl methyl sites for hydroxylation is 1. The van der Waals surface area contributed by atoms with Crippen molar-refractivity contribution in [2.75, 3.05) is 7.05 Å². The maximum absolute atomic E-state index is 4.62. The normalized spacial score (nSPS) is 11.1. The van der Waals surface area contributed by atoms with Crippen LogP contribution >= 0.6 is 0 Å². The van der Waals surface area contributed by atoms with Crippen molar-refractivity contribution in [3.63, 3.8) is 0 Å². The number of nitrogens with zero attached hydrogens (tertiary/aromatic N) is 3. The van der Waals surface area contributed by atoms with Gasteiger partial charge >= 0.3 is 0 Å². The first-order valence-electron chi connectivity index (χ1n) is 6.33. The third-order valence-electron chi connectivity index (χ3n) is 3.04. The van der Waals surface area contributed by atoms with Gasteiger partial charge < -0.3 is 5.32 Å². The van der Waals surface area contributed by atoms with Gasteiger partial charge in [-0.3, -0.25) is 0 Å². The number of fused-ring (bicyclic) bond motifs is 1. The highest BCUT2D eigenvalue weighted by Crippen LogP contribution is 2.18. The summed E-state index contributed by atoms with van der Waals surface area (Å²) < 4.78 is 1.84. The Balaban J connectivity index is 2.05. The van der Waals surface area contributed by atoms with Crippen LogP contribution in [0.3, 0.4) is 0 Å². The number of rotatable bonds is 3. The van der Waals surface area contributed by atoms with Crippen LogP contribution < -0.4 is 5.32 Å². The summed E-state index contributed by atoms with van der Waals surface area (Å²) in [5.41, 5.74) is 5.20. The third kappa shape index (κ3) is 2.35. The zero-order valence-corrected chi connectivity index (χ0v) is 11.1.